The van der Waals surface area contributed by atoms with Crippen LogP contribution in [-0.2, 0) is 14.3 Å². The van der Waals surface area contributed by atoms with Crippen LogP contribution in [0.25, 0.3) is 23.0 Å². The fraction of sp³-hybridized carbons (Fsp3) is 0.207. The Balaban J connectivity index is 1.43. The summed E-state index contributed by atoms with van der Waals surface area (Å²) in [7, 11) is 1.27. The van der Waals surface area contributed by atoms with Gasteiger partial charge in [-0.3, -0.25) is 14.9 Å². The zero-order valence-electron chi connectivity index (χ0n) is 23.3. The number of nitrogens with one attached hydrogen (secondary N) is 4. The van der Waals surface area contributed by atoms with Crippen molar-refractivity contribution in [3.05, 3.63) is 83.1 Å². The van der Waals surface area contributed by atoms with Crippen molar-refractivity contribution >= 4 is 47.0 Å². The maximum absolute atomic E-state index is 13.1. The Bertz CT molecular complexity index is 1710. The van der Waals surface area contributed by atoms with Gasteiger partial charge in [0.15, 0.2) is 0 Å². The predicted octanol–water partition coefficient (Wildman–Crippen LogP) is 4.82. The highest BCUT2D eigenvalue weighted by Gasteiger charge is 2.20. The molecule has 0 aliphatic carbocycles. The summed E-state index contributed by atoms with van der Waals surface area (Å²) in [6.45, 7) is 1.94. The summed E-state index contributed by atoms with van der Waals surface area (Å²) in [6.07, 6.45) is 8.72. The van der Waals surface area contributed by atoms with E-state index in [2.05, 4.69) is 46.2 Å². The van der Waals surface area contributed by atoms with E-state index in [1.165, 1.54) is 24.2 Å². The standard InChI is InChI=1S/C29H28ClN9O4/c1-17-3-9-22(34-27(41)12-5-18-13-19(30)6-10-25(18)39-16-32-37-38-39)28-31-15-24(36-28)21-8-7-20(33-29(42)43-2)14-23(21)35-26(40)11-4-17/h3,5-8,10,12-16,22H,4,9,11H2,1-2H3,(H,31,36)(H,33,42)(H,34,41)(H,35,40). The first-order valence-corrected chi connectivity index (χ1v) is 13.7. The first-order valence-electron chi connectivity index (χ1n) is 13.3. The summed E-state index contributed by atoms with van der Waals surface area (Å²) < 4.78 is 6.16. The van der Waals surface area contributed by atoms with Crippen LogP contribution in [0.4, 0.5) is 16.2 Å². The third-order valence-corrected chi connectivity index (χ3v) is 6.94. The summed E-state index contributed by atoms with van der Waals surface area (Å²) in [5, 5.41) is 20.3. The third-order valence-electron chi connectivity index (χ3n) is 6.71. The van der Waals surface area contributed by atoms with E-state index in [9.17, 15) is 14.4 Å². The number of aromatic amines is 1. The number of rotatable bonds is 5. The van der Waals surface area contributed by atoms with Gasteiger partial charge < -0.3 is 20.4 Å². The van der Waals surface area contributed by atoms with E-state index in [-0.39, 0.29) is 18.2 Å². The zero-order chi connectivity index (χ0) is 30.3. The average molecular weight is 602 g/mol. The van der Waals surface area contributed by atoms with Gasteiger partial charge in [0, 0.05) is 34.3 Å². The first-order chi connectivity index (χ1) is 20.8. The van der Waals surface area contributed by atoms with Crippen molar-refractivity contribution in [3.8, 4) is 16.9 Å². The van der Waals surface area contributed by atoms with Crippen LogP contribution in [0.2, 0.25) is 5.02 Å². The molecule has 43 heavy (non-hydrogen) atoms. The molecular weight excluding hydrogens is 574 g/mol. The number of tetrazole rings is 1. The minimum atomic E-state index is -0.630. The van der Waals surface area contributed by atoms with E-state index < -0.39 is 12.1 Å². The number of benzene rings is 2. The molecule has 2 aromatic carbocycles. The maximum Gasteiger partial charge on any atom is 0.411 e. The van der Waals surface area contributed by atoms with Gasteiger partial charge in [0.25, 0.3) is 0 Å². The Labute approximate surface area is 251 Å². The van der Waals surface area contributed by atoms with E-state index >= 15 is 0 Å². The fourth-order valence-corrected chi connectivity index (χ4v) is 4.67. The molecule has 4 N–H and O–H groups in total. The van der Waals surface area contributed by atoms with E-state index in [4.69, 9.17) is 11.6 Å². The van der Waals surface area contributed by atoms with Gasteiger partial charge in [-0.2, -0.15) is 4.68 Å². The summed E-state index contributed by atoms with van der Waals surface area (Å²) >= 11 is 6.21. The molecule has 1 aliphatic heterocycles. The molecule has 14 heteroatoms. The zero-order valence-corrected chi connectivity index (χ0v) is 24.1. The van der Waals surface area contributed by atoms with Gasteiger partial charge >= 0.3 is 6.09 Å². The molecule has 3 amide bonds. The predicted molar refractivity (Wildman–Crippen MR) is 160 cm³/mol. The van der Waals surface area contributed by atoms with Crippen molar-refractivity contribution in [3.63, 3.8) is 0 Å². The molecular formula is C29H28ClN9O4. The van der Waals surface area contributed by atoms with Crippen LogP contribution in [-0.4, -0.2) is 55.2 Å². The van der Waals surface area contributed by atoms with Crippen molar-refractivity contribution in [1.82, 2.24) is 35.5 Å². The molecule has 2 bridgehead atoms. The second-order valence-electron chi connectivity index (χ2n) is 9.75. The smallest absolute Gasteiger partial charge is 0.411 e. The minimum absolute atomic E-state index is 0.180. The second kappa shape index (κ2) is 13.1. The number of nitrogens with zero attached hydrogens (tertiary/aromatic N) is 5. The molecule has 5 rings (SSSR count). The number of halogens is 1. The lowest BCUT2D eigenvalue weighted by atomic mass is 10.1. The number of fused-ring (bicyclic) bond motifs is 4. The van der Waals surface area contributed by atoms with Crippen molar-refractivity contribution in [2.75, 3.05) is 17.7 Å². The SMILES string of the molecule is COC(=O)Nc1ccc2c(c1)NC(=O)CCC(C)=CCC(NC(=O)C=Cc1cc(Cl)ccc1-n1cnnn1)c1ncc-2[nH]1. The quantitative estimate of drug-likeness (QED) is 0.186. The Kier molecular flexibility index (Phi) is 8.91. The third kappa shape index (κ3) is 7.32. The Morgan fingerprint density at radius 2 is 2.05 bits per heavy atom. The lowest BCUT2D eigenvalue weighted by Gasteiger charge is -2.15. The van der Waals surface area contributed by atoms with Gasteiger partial charge in [-0.05, 0) is 72.7 Å². The molecule has 0 fully saturated rings. The lowest BCUT2D eigenvalue weighted by Crippen LogP contribution is -2.27. The molecule has 2 aromatic heterocycles. The van der Waals surface area contributed by atoms with Gasteiger partial charge in [-0.1, -0.05) is 23.3 Å². The van der Waals surface area contributed by atoms with Gasteiger partial charge in [0.1, 0.15) is 12.2 Å². The van der Waals surface area contributed by atoms with Crippen LogP contribution in [0.15, 0.2) is 66.6 Å². The number of anilines is 2. The normalized spacial score (nSPS) is 15.3. The summed E-state index contributed by atoms with van der Waals surface area (Å²) in [5.74, 6) is 0.00297. The number of H-pyrrole nitrogens is 1. The number of imidazole rings is 1. The van der Waals surface area contributed by atoms with E-state index in [0.717, 1.165) is 5.57 Å². The Morgan fingerprint density at radius 3 is 2.84 bits per heavy atom. The lowest BCUT2D eigenvalue weighted by molar-refractivity contribution is -0.117. The van der Waals surface area contributed by atoms with Crippen molar-refractivity contribution in [1.29, 1.82) is 0 Å². The highest BCUT2D eigenvalue weighted by molar-refractivity contribution is 6.30. The highest BCUT2D eigenvalue weighted by Crippen LogP contribution is 2.32. The second-order valence-corrected chi connectivity index (χ2v) is 10.2. The molecule has 220 valence electrons. The number of allylic oxidation sites excluding steroid dienone is 1. The molecule has 0 saturated carbocycles. The molecule has 1 aliphatic rings. The number of aromatic nitrogens is 6. The molecule has 1 atom stereocenters. The molecule has 1 unspecified atom stereocenters. The number of ether oxygens (including phenoxy) is 1. The Morgan fingerprint density at radius 1 is 1.19 bits per heavy atom. The number of hydrogen-bond acceptors (Lipinski definition) is 8. The van der Waals surface area contributed by atoms with Crippen LogP contribution in [0.1, 0.15) is 43.6 Å². The van der Waals surface area contributed by atoms with Crippen LogP contribution in [0.3, 0.4) is 0 Å². The maximum atomic E-state index is 13.1. The van der Waals surface area contributed by atoms with Crippen LogP contribution >= 0.6 is 11.6 Å². The monoisotopic (exact) mass is 601 g/mol. The average Bonchev–Trinajstić information content (AvgIpc) is 3.70. The molecule has 0 saturated heterocycles. The van der Waals surface area contributed by atoms with Crippen LogP contribution in [0, 0.1) is 0 Å². The number of amides is 3. The van der Waals surface area contributed by atoms with Crippen LogP contribution in [0.5, 0.6) is 0 Å². The largest absolute Gasteiger partial charge is 0.453 e. The van der Waals surface area contributed by atoms with E-state index in [1.807, 2.05) is 13.0 Å². The van der Waals surface area contributed by atoms with Crippen molar-refractivity contribution < 1.29 is 19.1 Å². The van der Waals surface area contributed by atoms with Crippen molar-refractivity contribution in [2.24, 2.45) is 0 Å². The topological polar surface area (TPSA) is 169 Å². The molecule has 3 heterocycles. The van der Waals surface area contributed by atoms with Gasteiger partial charge in [-0.15, -0.1) is 5.10 Å². The number of methoxy groups -OCH3 is 1. The molecule has 0 spiro atoms. The molecule has 0 radical (unpaired) electrons. The minimum Gasteiger partial charge on any atom is -0.453 e. The van der Waals surface area contributed by atoms with E-state index in [1.54, 1.807) is 48.7 Å². The first kappa shape index (κ1) is 29.2. The summed E-state index contributed by atoms with van der Waals surface area (Å²) in [5.41, 5.74) is 4.51. The molecule has 13 nitrogen and oxygen atoms in total. The van der Waals surface area contributed by atoms with E-state index in [0.29, 0.717) is 57.6 Å². The molecule has 4 aromatic rings. The Hall–Kier alpha value is -5.30. The van der Waals surface area contributed by atoms with Gasteiger partial charge in [0.05, 0.1) is 36.4 Å². The number of hydrogen-bond donors (Lipinski definition) is 4. The van der Waals surface area contributed by atoms with Crippen molar-refractivity contribution in [2.45, 2.75) is 32.2 Å². The fourth-order valence-electron chi connectivity index (χ4n) is 4.49. The van der Waals surface area contributed by atoms with Gasteiger partial charge in [-0.25, -0.2) is 9.78 Å². The summed E-state index contributed by atoms with van der Waals surface area (Å²) in [4.78, 5) is 45.5. The summed E-state index contributed by atoms with van der Waals surface area (Å²) in [6, 6.07) is 9.79. The number of carbonyl (C=O) groups is 3. The van der Waals surface area contributed by atoms with Gasteiger partial charge in [0.2, 0.25) is 11.8 Å². The van der Waals surface area contributed by atoms with Crippen LogP contribution < -0.4 is 16.0 Å². The highest BCUT2D eigenvalue weighted by atomic mass is 35.5. The number of carbonyl (C=O) groups excluding carboxylic acids is 3.